The van der Waals surface area contributed by atoms with Gasteiger partial charge in [-0.15, -0.1) is 0 Å². The van der Waals surface area contributed by atoms with Crippen LogP contribution in [-0.2, 0) is 0 Å². The molecule has 11 heavy (non-hydrogen) atoms. The fraction of sp³-hybridized carbons (Fsp3) is 1.00. The van der Waals surface area contributed by atoms with Gasteiger partial charge >= 0.3 is 0 Å². The van der Waals surface area contributed by atoms with Gasteiger partial charge in [-0.3, -0.25) is 0 Å². The summed E-state index contributed by atoms with van der Waals surface area (Å²) in [4.78, 5) is 0. The molecule has 2 saturated carbocycles. The monoisotopic (exact) mass is 154 g/mol. The Balaban J connectivity index is 2.17. The molecule has 0 radical (unpaired) electrons. The van der Waals surface area contributed by atoms with Crippen LogP contribution in [0.3, 0.4) is 0 Å². The lowest BCUT2D eigenvalue weighted by atomic mass is 9.71. The first-order valence-corrected chi connectivity index (χ1v) is 4.96. The van der Waals surface area contributed by atoms with E-state index in [1.54, 1.807) is 0 Å². The minimum Gasteiger partial charge on any atom is -0.389 e. The van der Waals surface area contributed by atoms with E-state index in [1.165, 1.54) is 32.1 Å². The fourth-order valence-corrected chi connectivity index (χ4v) is 3.05. The van der Waals surface area contributed by atoms with E-state index in [1.807, 2.05) is 0 Å². The van der Waals surface area contributed by atoms with Crippen LogP contribution in [0.4, 0.5) is 0 Å². The highest BCUT2D eigenvalue weighted by atomic mass is 16.3. The minimum atomic E-state index is -0.252. The van der Waals surface area contributed by atoms with Crippen molar-refractivity contribution in [1.29, 1.82) is 0 Å². The molecular weight excluding hydrogens is 136 g/mol. The Morgan fingerprint density at radius 1 is 1.18 bits per heavy atom. The summed E-state index contributed by atoms with van der Waals surface area (Å²) in [6.07, 6.45) is 7.47. The van der Waals surface area contributed by atoms with Gasteiger partial charge in [0, 0.05) is 0 Å². The summed E-state index contributed by atoms with van der Waals surface area (Å²) in [7, 11) is 0. The molecule has 0 aromatic carbocycles. The Morgan fingerprint density at radius 2 is 1.91 bits per heavy atom. The van der Waals surface area contributed by atoms with Gasteiger partial charge in [-0.05, 0) is 37.5 Å². The molecule has 3 atom stereocenters. The second-order valence-electron chi connectivity index (χ2n) is 4.41. The van der Waals surface area contributed by atoms with E-state index in [9.17, 15) is 5.11 Å². The van der Waals surface area contributed by atoms with Crippen LogP contribution in [-0.4, -0.2) is 10.7 Å². The third-order valence-corrected chi connectivity index (χ3v) is 3.88. The van der Waals surface area contributed by atoms with Crippen molar-refractivity contribution < 1.29 is 5.11 Å². The largest absolute Gasteiger partial charge is 0.389 e. The van der Waals surface area contributed by atoms with E-state index in [4.69, 9.17) is 0 Å². The minimum absolute atomic E-state index is 0.252. The normalized spacial score (nSPS) is 50.7. The van der Waals surface area contributed by atoms with Gasteiger partial charge in [-0.2, -0.15) is 0 Å². The van der Waals surface area contributed by atoms with Gasteiger partial charge in [0.1, 0.15) is 0 Å². The van der Waals surface area contributed by atoms with Gasteiger partial charge in [0.2, 0.25) is 0 Å². The third kappa shape index (κ3) is 1.01. The van der Waals surface area contributed by atoms with Gasteiger partial charge in [-0.1, -0.05) is 19.8 Å². The molecule has 0 spiro atoms. The zero-order valence-electron chi connectivity index (χ0n) is 7.34. The maximum absolute atomic E-state index is 10.3. The van der Waals surface area contributed by atoms with Crippen LogP contribution in [0.2, 0.25) is 0 Å². The number of hydrogen-bond donors (Lipinski definition) is 1. The molecule has 0 aliphatic heterocycles. The van der Waals surface area contributed by atoms with Crippen LogP contribution < -0.4 is 0 Å². The average Bonchev–Trinajstić information content (AvgIpc) is 2.34. The van der Waals surface area contributed by atoms with Crippen LogP contribution in [0.5, 0.6) is 0 Å². The summed E-state index contributed by atoms with van der Waals surface area (Å²) >= 11 is 0. The van der Waals surface area contributed by atoms with Gasteiger partial charge in [0.25, 0.3) is 0 Å². The van der Waals surface area contributed by atoms with Crippen LogP contribution in [0.15, 0.2) is 0 Å². The molecule has 1 N–H and O–H groups in total. The summed E-state index contributed by atoms with van der Waals surface area (Å²) in [5, 5.41) is 10.3. The van der Waals surface area contributed by atoms with E-state index < -0.39 is 0 Å². The van der Waals surface area contributed by atoms with Crippen molar-refractivity contribution in [1.82, 2.24) is 0 Å². The Morgan fingerprint density at radius 3 is 2.64 bits per heavy atom. The Labute approximate surface area is 68.8 Å². The van der Waals surface area contributed by atoms with Crippen LogP contribution >= 0.6 is 0 Å². The topological polar surface area (TPSA) is 20.2 Å². The summed E-state index contributed by atoms with van der Waals surface area (Å²) in [5.74, 6) is 1.20. The van der Waals surface area contributed by atoms with Gasteiger partial charge in [0.05, 0.1) is 5.60 Å². The summed E-state index contributed by atoms with van der Waals surface area (Å²) in [6.45, 7) is 2.22. The molecule has 2 fully saturated rings. The second kappa shape index (κ2) is 2.48. The van der Waals surface area contributed by atoms with Crippen molar-refractivity contribution in [3.8, 4) is 0 Å². The molecule has 0 aromatic heterocycles. The maximum atomic E-state index is 10.3. The first-order valence-electron chi connectivity index (χ1n) is 4.96. The molecule has 0 amide bonds. The van der Waals surface area contributed by atoms with E-state index >= 15 is 0 Å². The molecule has 64 valence electrons. The number of rotatable bonds is 0. The van der Waals surface area contributed by atoms with Gasteiger partial charge in [0.15, 0.2) is 0 Å². The lowest BCUT2D eigenvalue weighted by molar-refractivity contribution is -0.0693. The summed E-state index contributed by atoms with van der Waals surface area (Å²) in [5.41, 5.74) is -0.252. The lowest BCUT2D eigenvalue weighted by Gasteiger charge is -2.40. The van der Waals surface area contributed by atoms with Gasteiger partial charge < -0.3 is 5.11 Å². The number of aliphatic hydroxyl groups is 1. The zero-order chi connectivity index (χ0) is 7.90. The highest BCUT2D eigenvalue weighted by molar-refractivity contribution is 4.98. The van der Waals surface area contributed by atoms with E-state index in [-0.39, 0.29) is 5.60 Å². The van der Waals surface area contributed by atoms with Crippen molar-refractivity contribution in [2.75, 3.05) is 0 Å². The SMILES string of the molecule is C[C@H]1CCC[C@H]2CCC[C@]21O. The lowest BCUT2D eigenvalue weighted by Crippen LogP contribution is -2.42. The fourth-order valence-electron chi connectivity index (χ4n) is 3.05. The molecule has 2 aliphatic carbocycles. The Kier molecular flexibility index (Phi) is 1.71. The molecule has 0 saturated heterocycles. The van der Waals surface area contributed by atoms with E-state index in [2.05, 4.69) is 6.92 Å². The Hall–Kier alpha value is -0.0400. The van der Waals surface area contributed by atoms with Crippen molar-refractivity contribution in [3.05, 3.63) is 0 Å². The van der Waals surface area contributed by atoms with E-state index in [0.29, 0.717) is 11.8 Å². The average molecular weight is 154 g/mol. The molecule has 2 aliphatic rings. The Bertz CT molecular complexity index is 155. The quantitative estimate of drug-likeness (QED) is 0.568. The van der Waals surface area contributed by atoms with Crippen molar-refractivity contribution >= 4 is 0 Å². The third-order valence-electron chi connectivity index (χ3n) is 3.88. The summed E-state index contributed by atoms with van der Waals surface area (Å²) in [6, 6.07) is 0. The van der Waals surface area contributed by atoms with Crippen LogP contribution in [0.25, 0.3) is 0 Å². The molecule has 0 unspecified atom stereocenters. The second-order valence-corrected chi connectivity index (χ2v) is 4.41. The smallest absolute Gasteiger partial charge is 0.0701 e. The maximum Gasteiger partial charge on any atom is 0.0701 e. The van der Waals surface area contributed by atoms with Gasteiger partial charge in [-0.25, -0.2) is 0 Å². The number of fused-ring (bicyclic) bond motifs is 1. The van der Waals surface area contributed by atoms with Crippen LogP contribution in [0, 0.1) is 11.8 Å². The molecule has 0 aromatic rings. The standard InChI is InChI=1S/C10H18O/c1-8-4-2-5-9-6-3-7-10(8,9)11/h8-9,11H,2-7H2,1H3/t8-,9-,10+/m0/s1. The molecule has 1 heteroatoms. The molecule has 0 heterocycles. The molecule has 0 bridgehead atoms. The first-order chi connectivity index (χ1) is 5.23. The van der Waals surface area contributed by atoms with E-state index in [0.717, 1.165) is 6.42 Å². The summed E-state index contributed by atoms with van der Waals surface area (Å²) < 4.78 is 0. The molecular formula is C10H18O. The highest BCUT2D eigenvalue weighted by Gasteiger charge is 2.46. The predicted octanol–water partition coefficient (Wildman–Crippen LogP) is 2.34. The number of hydrogen-bond acceptors (Lipinski definition) is 1. The zero-order valence-corrected chi connectivity index (χ0v) is 7.34. The predicted molar refractivity (Wildman–Crippen MR) is 45.3 cm³/mol. The molecule has 1 nitrogen and oxygen atoms in total. The molecule has 2 rings (SSSR count). The van der Waals surface area contributed by atoms with Crippen molar-refractivity contribution in [2.45, 2.75) is 51.0 Å². The highest BCUT2D eigenvalue weighted by Crippen LogP contribution is 2.48. The van der Waals surface area contributed by atoms with Crippen LogP contribution in [0.1, 0.15) is 45.4 Å². The first kappa shape index (κ1) is 7.60. The van der Waals surface area contributed by atoms with Crippen molar-refractivity contribution in [3.63, 3.8) is 0 Å². The van der Waals surface area contributed by atoms with Crippen molar-refractivity contribution in [2.24, 2.45) is 11.8 Å².